The Morgan fingerprint density at radius 2 is 2.05 bits per heavy atom. The van der Waals surface area contributed by atoms with Crippen LogP contribution in [0.2, 0.25) is 0 Å². The highest BCUT2D eigenvalue weighted by molar-refractivity contribution is 5.71. The van der Waals surface area contributed by atoms with Crippen LogP contribution in [-0.2, 0) is 0 Å². The zero-order chi connectivity index (χ0) is 14.7. The minimum atomic E-state index is -0.353. The summed E-state index contributed by atoms with van der Waals surface area (Å²) in [5.41, 5.74) is 2.99. The van der Waals surface area contributed by atoms with Crippen LogP contribution in [-0.4, -0.2) is 11.6 Å². The number of nitrogens with one attached hydrogen (secondary N) is 1. The average Bonchev–Trinajstić information content (AvgIpc) is 2.40. The molecule has 2 aromatic rings. The average molecular weight is 268 g/mol. The van der Waals surface area contributed by atoms with Gasteiger partial charge in [0.25, 0.3) is 5.56 Å². The van der Waals surface area contributed by atoms with Crippen LogP contribution in [0.15, 0.2) is 29.1 Å². The molecule has 0 fully saturated rings. The molecule has 1 N–H and O–H groups in total. The second kappa shape index (κ2) is 5.62. The SMILES string of the molecule is CCOc1ccc(-c2cc(C)[nH]c(=O)c2C#N)cc1C. The van der Waals surface area contributed by atoms with E-state index < -0.39 is 0 Å². The molecule has 0 amide bonds. The fourth-order valence-corrected chi connectivity index (χ4v) is 2.16. The van der Waals surface area contributed by atoms with E-state index in [4.69, 9.17) is 10.00 Å². The molecule has 4 heteroatoms. The van der Waals surface area contributed by atoms with Crippen molar-refractivity contribution in [1.82, 2.24) is 4.98 Å². The van der Waals surface area contributed by atoms with E-state index >= 15 is 0 Å². The molecule has 1 heterocycles. The minimum absolute atomic E-state index is 0.138. The fraction of sp³-hybridized carbons (Fsp3) is 0.250. The predicted octanol–water partition coefficient (Wildman–Crippen LogP) is 2.93. The van der Waals surface area contributed by atoms with Crippen molar-refractivity contribution in [2.24, 2.45) is 0 Å². The third kappa shape index (κ3) is 2.57. The van der Waals surface area contributed by atoms with Crippen LogP contribution in [0.5, 0.6) is 5.75 Å². The van der Waals surface area contributed by atoms with E-state index in [1.54, 1.807) is 6.92 Å². The molecule has 0 radical (unpaired) electrons. The maximum Gasteiger partial charge on any atom is 0.266 e. The highest BCUT2D eigenvalue weighted by atomic mass is 16.5. The van der Waals surface area contributed by atoms with Crippen LogP contribution in [0.4, 0.5) is 0 Å². The summed E-state index contributed by atoms with van der Waals surface area (Å²) >= 11 is 0. The number of H-pyrrole nitrogens is 1. The van der Waals surface area contributed by atoms with Gasteiger partial charge in [-0.2, -0.15) is 5.26 Å². The molecule has 0 spiro atoms. The molecule has 20 heavy (non-hydrogen) atoms. The molecule has 0 aliphatic rings. The number of nitriles is 1. The van der Waals surface area contributed by atoms with Crippen LogP contribution >= 0.6 is 0 Å². The molecule has 102 valence electrons. The van der Waals surface area contributed by atoms with E-state index in [0.717, 1.165) is 22.6 Å². The fourth-order valence-electron chi connectivity index (χ4n) is 2.16. The van der Waals surface area contributed by atoms with Crippen molar-refractivity contribution in [1.29, 1.82) is 5.26 Å². The van der Waals surface area contributed by atoms with Crippen molar-refractivity contribution in [3.63, 3.8) is 0 Å². The first-order valence-electron chi connectivity index (χ1n) is 6.44. The summed E-state index contributed by atoms with van der Waals surface area (Å²) in [5.74, 6) is 0.816. The Labute approximate surface area is 117 Å². The van der Waals surface area contributed by atoms with E-state index in [-0.39, 0.29) is 11.1 Å². The standard InChI is InChI=1S/C16H16N2O2/c1-4-20-15-6-5-12(7-10(15)2)13-8-11(3)18-16(19)14(13)9-17/h5-8H,4H2,1-3H3,(H,18,19). The summed E-state index contributed by atoms with van der Waals surface area (Å²) in [7, 11) is 0. The lowest BCUT2D eigenvalue weighted by atomic mass is 9.99. The van der Waals surface area contributed by atoms with Crippen molar-refractivity contribution in [2.45, 2.75) is 20.8 Å². The molecule has 0 saturated carbocycles. The zero-order valence-electron chi connectivity index (χ0n) is 11.8. The lowest BCUT2D eigenvalue weighted by Gasteiger charge is -2.10. The second-order valence-corrected chi connectivity index (χ2v) is 4.60. The summed E-state index contributed by atoms with van der Waals surface area (Å²) in [6, 6.07) is 9.45. The lowest BCUT2D eigenvalue weighted by Crippen LogP contribution is -2.12. The van der Waals surface area contributed by atoms with E-state index in [1.807, 2.05) is 44.2 Å². The molecule has 0 bridgehead atoms. The normalized spacial score (nSPS) is 10.1. The van der Waals surface area contributed by atoms with Gasteiger partial charge < -0.3 is 9.72 Å². The summed E-state index contributed by atoms with van der Waals surface area (Å²) in [4.78, 5) is 14.5. The first-order valence-corrected chi connectivity index (χ1v) is 6.44. The van der Waals surface area contributed by atoms with Crippen LogP contribution in [0.1, 0.15) is 23.7 Å². The van der Waals surface area contributed by atoms with Crippen LogP contribution in [0.3, 0.4) is 0 Å². The summed E-state index contributed by atoms with van der Waals surface area (Å²) in [5, 5.41) is 9.16. The molecule has 0 aliphatic heterocycles. The zero-order valence-corrected chi connectivity index (χ0v) is 11.8. The Bertz CT molecular complexity index is 739. The molecule has 0 saturated heterocycles. The van der Waals surface area contributed by atoms with Gasteiger partial charge in [0.1, 0.15) is 17.4 Å². The number of aromatic amines is 1. The van der Waals surface area contributed by atoms with Crippen molar-refractivity contribution in [3.05, 3.63) is 51.4 Å². The third-order valence-corrected chi connectivity index (χ3v) is 3.07. The molecule has 0 aliphatic carbocycles. The van der Waals surface area contributed by atoms with E-state index in [0.29, 0.717) is 12.2 Å². The molecular weight excluding hydrogens is 252 g/mol. The van der Waals surface area contributed by atoms with E-state index in [1.165, 1.54) is 0 Å². The molecular formula is C16H16N2O2. The Kier molecular flexibility index (Phi) is 3.90. The number of hydrogen-bond donors (Lipinski definition) is 1. The lowest BCUT2D eigenvalue weighted by molar-refractivity contribution is 0.338. The van der Waals surface area contributed by atoms with E-state index in [2.05, 4.69) is 4.98 Å². The van der Waals surface area contributed by atoms with Gasteiger partial charge >= 0.3 is 0 Å². The van der Waals surface area contributed by atoms with Gasteiger partial charge in [-0.3, -0.25) is 4.79 Å². The predicted molar refractivity (Wildman–Crippen MR) is 77.9 cm³/mol. The van der Waals surface area contributed by atoms with Gasteiger partial charge in [-0.05, 0) is 50.1 Å². The number of rotatable bonds is 3. The van der Waals surface area contributed by atoms with Crippen molar-refractivity contribution in [3.8, 4) is 22.9 Å². The first-order chi connectivity index (χ1) is 9.56. The number of ether oxygens (including phenoxy) is 1. The number of nitrogens with zero attached hydrogens (tertiary/aromatic N) is 1. The number of hydrogen-bond acceptors (Lipinski definition) is 3. The molecule has 4 nitrogen and oxygen atoms in total. The van der Waals surface area contributed by atoms with Crippen molar-refractivity contribution >= 4 is 0 Å². The number of pyridine rings is 1. The molecule has 1 aromatic heterocycles. The maximum absolute atomic E-state index is 11.8. The molecule has 2 rings (SSSR count). The van der Waals surface area contributed by atoms with Gasteiger partial charge in [0.05, 0.1) is 6.61 Å². The van der Waals surface area contributed by atoms with Gasteiger partial charge in [0.2, 0.25) is 0 Å². The van der Waals surface area contributed by atoms with Crippen molar-refractivity contribution in [2.75, 3.05) is 6.61 Å². The van der Waals surface area contributed by atoms with Gasteiger partial charge in [-0.25, -0.2) is 0 Å². The maximum atomic E-state index is 11.8. The van der Waals surface area contributed by atoms with Gasteiger partial charge in [-0.1, -0.05) is 6.07 Å². The highest BCUT2D eigenvalue weighted by Crippen LogP contribution is 2.27. The monoisotopic (exact) mass is 268 g/mol. The second-order valence-electron chi connectivity index (χ2n) is 4.60. The highest BCUT2D eigenvalue weighted by Gasteiger charge is 2.11. The van der Waals surface area contributed by atoms with Gasteiger partial charge in [-0.15, -0.1) is 0 Å². The molecule has 1 aromatic carbocycles. The Morgan fingerprint density at radius 3 is 2.65 bits per heavy atom. The summed E-state index contributed by atoms with van der Waals surface area (Å²) in [6.07, 6.45) is 0. The topological polar surface area (TPSA) is 65.9 Å². The first kappa shape index (κ1) is 13.9. The summed E-state index contributed by atoms with van der Waals surface area (Å²) in [6.45, 7) is 6.28. The number of benzene rings is 1. The Morgan fingerprint density at radius 1 is 1.30 bits per heavy atom. The smallest absolute Gasteiger partial charge is 0.266 e. The number of aromatic nitrogens is 1. The minimum Gasteiger partial charge on any atom is -0.494 e. The van der Waals surface area contributed by atoms with Crippen molar-refractivity contribution < 1.29 is 4.74 Å². The van der Waals surface area contributed by atoms with Crippen LogP contribution < -0.4 is 10.3 Å². The van der Waals surface area contributed by atoms with E-state index in [9.17, 15) is 4.79 Å². The van der Waals surface area contributed by atoms with Crippen LogP contribution in [0, 0.1) is 25.2 Å². The quantitative estimate of drug-likeness (QED) is 0.930. The number of aryl methyl sites for hydroxylation is 2. The largest absolute Gasteiger partial charge is 0.494 e. The third-order valence-electron chi connectivity index (χ3n) is 3.07. The Balaban J connectivity index is 2.61. The molecule has 0 atom stereocenters. The van der Waals surface area contributed by atoms with Crippen LogP contribution in [0.25, 0.3) is 11.1 Å². The molecule has 0 unspecified atom stereocenters. The Hall–Kier alpha value is -2.54. The van der Waals surface area contributed by atoms with Gasteiger partial charge in [0, 0.05) is 11.3 Å². The summed E-state index contributed by atoms with van der Waals surface area (Å²) < 4.78 is 5.50. The van der Waals surface area contributed by atoms with Gasteiger partial charge in [0.15, 0.2) is 0 Å².